The van der Waals surface area contributed by atoms with Crippen LogP contribution in [0.2, 0.25) is 0 Å². The van der Waals surface area contributed by atoms with E-state index in [1.54, 1.807) is 0 Å². The second-order valence-corrected chi connectivity index (χ2v) is 5.81. The highest BCUT2D eigenvalue weighted by Gasteiger charge is 2.07. The average molecular weight is 218 g/mol. The van der Waals surface area contributed by atoms with Gasteiger partial charge >= 0.3 is 0 Å². The molecule has 0 saturated heterocycles. The normalized spacial score (nSPS) is 12.4. The predicted molar refractivity (Wildman–Crippen MR) is 68.3 cm³/mol. The monoisotopic (exact) mass is 218 g/mol. The van der Waals surface area contributed by atoms with E-state index in [1.165, 1.54) is 18.7 Å². The lowest BCUT2D eigenvalue weighted by Crippen LogP contribution is -2.40. The van der Waals surface area contributed by atoms with Gasteiger partial charge in [-0.2, -0.15) is 11.8 Å². The molecule has 14 heavy (non-hydrogen) atoms. The molecule has 0 unspecified atom stereocenters. The van der Waals surface area contributed by atoms with Gasteiger partial charge in [0, 0.05) is 18.6 Å². The Hall–Kier alpha value is 0.270. The van der Waals surface area contributed by atoms with Crippen LogP contribution in [0.1, 0.15) is 27.2 Å². The van der Waals surface area contributed by atoms with Crippen molar-refractivity contribution >= 4 is 11.8 Å². The van der Waals surface area contributed by atoms with Crippen molar-refractivity contribution in [2.24, 2.45) is 0 Å². The molecule has 0 aromatic rings. The molecule has 0 aliphatic heterocycles. The first-order valence-electron chi connectivity index (χ1n) is 5.38. The van der Waals surface area contributed by atoms with E-state index >= 15 is 0 Å². The van der Waals surface area contributed by atoms with E-state index in [9.17, 15) is 0 Å². The van der Waals surface area contributed by atoms with Gasteiger partial charge in [0.15, 0.2) is 0 Å². The summed E-state index contributed by atoms with van der Waals surface area (Å²) in [5, 5.41) is 3.50. The standard InChI is InChI=1S/C11H26N2S/c1-11(2,3)12-7-9-13(4)8-6-10-14-5/h12H,6-10H2,1-5H3. The fourth-order valence-electron chi connectivity index (χ4n) is 1.21. The largest absolute Gasteiger partial charge is 0.311 e. The number of nitrogens with zero attached hydrogens (tertiary/aromatic N) is 1. The first kappa shape index (κ1) is 14.3. The van der Waals surface area contributed by atoms with Crippen LogP contribution in [0.3, 0.4) is 0 Å². The number of rotatable bonds is 7. The van der Waals surface area contributed by atoms with E-state index in [1.807, 2.05) is 11.8 Å². The Kier molecular flexibility index (Phi) is 7.69. The maximum atomic E-state index is 3.50. The summed E-state index contributed by atoms with van der Waals surface area (Å²) in [5.41, 5.74) is 0.250. The number of hydrogen-bond donors (Lipinski definition) is 1. The van der Waals surface area contributed by atoms with Crippen molar-refractivity contribution in [2.75, 3.05) is 38.7 Å². The second-order valence-electron chi connectivity index (χ2n) is 4.83. The van der Waals surface area contributed by atoms with Crippen molar-refractivity contribution in [3.05, 3.63) is 0 Å². The van der Waals surface area contributed by atoms with Crippen LogP contribution in [-0.2, 0) is 0 Å². The average Bonchev–Trinajstić information content (AvgIpc) is 2.02. The van der Waals surface area contributed by atoms with Gasteiger partial charge in [-0.3, -0.25) is 0 Å². The molecular formula is C11H26N2S. The van der Waals surface area contributed by atoms with Gasteiger partial charge in [-0.05, 0) is 52.8 Å². The van der Waals surface area contributed by atoms with Gasteiger partial charge in [-0.1, -0.05) is 0 Å². The Morgan fingerprint density at radius 2 is 1.86 bits per heavy atom. The molecule has 1 N–H and O–H groups in total. The molecule has 0 bridgehead atoms. The third-order valence-electron chi connectivity index (χ3n) is 2.04. The van der Waals surface area contributed by atoms with Crippen LogP contribution in [-0.4, -0.2) is 49.1 Å². The first-order chi connectivity index (χ1) is 6.45. The van der Waals surface area contributed by atoms with Crippen molar-refractivity contribution in [2.45, 2.75) is 32.7 Å². The molecule has 0 aromatic carbocycles. The summed E-state index contributed by atoms with van der Waals surface area (Å²) in [6, 6.07) is 0. The Morgan fingerprint density at radius 3 is 2.36 bits per heavy atom. The van der Waals surface area contributed by atoms with Crippen LogP contribution in [0.15, 0.2) is 0 Å². The summed E-state index contributed by atoms with van der Waals surface area (Å²) in [7, 11) is 2.20. The van der Waals surface area contributed by atoms with Gasteiger partial charge < -0.3 is 10.2 Å². The molecule has 3 heteroatoms. The fraction of sp³-hybridized carbons (Fsp3) is 1.00. The number of nitrogens with one attached hydrogen (secondary N) is 1. The van der Waals surface area contributed by atoms with E-state index in [0.717, 1.165) is 13.1 Å². The molecule has 0 radical (unpaired) electrons. The molecule has 0 amide bonds. The van der Waals surface area contributed by atoms with Crippen LogP contribution in [0.25, 0.3) is 0 Å². The van der Waals surface area contributed by atoms with Gasteiger partial charge in [0.05, 0.1) is 0 Å². The maximum absolute atomic E-state index is 3.50. The molecule has 0 aromatic heterocycles. The minimum atomic E-state index is 0.250. The Labute approximate surface area is 93.8 Å². The summed E-state index contributed by atoms with van der Waals surface area (Å²) >= 11 is 1.93. The van der Waals surface area contributed by atoms with Gasteiger partial charge in [0.2, 0.25) is 0 Å². The molecule has 0 atom stereocenters. The van der Waals surface area contributed by atoms with Crippen molar-refractivity contribution in [3.63, 3.8) is 0 Å². The van der Waals surface area contributed by atoms with E-state index in [4.69, 9.17) is 0 Å². The Balaban J connectivity index is 3.31. The van der Waals surface area contributed by atoms with Gasteiger partial charge in [0.1, 0.15) is 0 Å². The highest BCUT2D eigenvalue weighted by molar-refractivity contribution is 7.98. The molecule has 0 fully saturated rings. The molecule has 0 aliphatic rings. The van der Waals surface area contributed by atoms with Crippen molar-refractivity contribution in [1.82, 2.24) is 10.2 Å². The van der Waals surface area contributed by atoms with E-state index in [0.29, 0.717) is 0 Å². The quantitative estimate of drug-likeness (QED) is 0.659. The highest BCUT2D eigenvalue weighted by Crippen LogP contribution is 1.99. The summed E-state index contributed by atoms with van der Waals surface area (Å²) < 4.78 is 0. The van der Waals surface area contributed by atoms with Gasteiger partial charge in [-0.15, -0.1) is 0 Å². The SMILES string of the molecule is CSCCCN(C)CCNC(C)(C)C. The zero-order valence-corrected chi connectivity index (χ0v) is 11.2. The molecule has 0 aliphatic carbocycles. The molecule has 0 heterocycles. The van der Waals surface area contributed by atoms with Gasteiger partial charge in [0.25, 0.3) is 0 Å². The molecule has 0 rings (SSSR count). The molecule has 86 valence electrons. The van der Waals surface area contributed by atoms with E-state index in [-0.39, 0.29) is 5.54 Å². The molecular weight excluding hydrogens is 192 g/mol. The van der Waals surface area contributed by atoms with E-state index < -0.39 is 0 Å². The van der Waals surface area contributed by atoms with Crippen LogP contribution in [0, 0.1) is 0 Å². The third kappa shape index (κ3) is 10.4. The van der Waals surface area contributed by atoms with Gasteiger partial charge in [-0.25, -0.2) is 0 Å². The number of likely N-dealkylation sites (N-methyl/N-ethyl adjacent to an activating group) is 1. The highest BCUT2D eigenvalue weighted by atomic mass is 32.2. The van der Waals surface area contributed by atoms with E-state index in [2.05, 4.69) is 44.3 Å². The van der Waals surface area contributed by atoms with Crippen LogP contribution < -0.4 is 5.32 Å². The lowest BCUT2D eigenvalue weighted by molar-refractivity contribution is 0.310. The van der Waals surface area contributed by atoms with Crippen molar-refractivity contribution in [3.8, 4) is 0 Å². The lowest BCUT2D eigenvalue weighted by Gasteiger charge is -2.23. The minimum absolute atomic E-state index is 0.250. The predicted octanol–water partition coefficient (Wildman–Crippen LogP) is 2.06. The summed E-state index contributed by atoms with van der Waals surface area (Å²) in [4.78, 5) is 2.40. The minimum Gasteiger partial charge on any atom is -0.311 e. The Bertz CT molecular complexity index is 132. The summed E-state index contributed by atoms with van der Waals surface area (Å²) in [5.74, 6) is 1.27. The molecule has 0 spiro atoms. The smallest absolute Gasteiger partial charge is 0.0104 e. The third-order valence-corrected chi connectivity index (χ3v) is 2.73. The zero-order valence-electron chi connectivity index (χ0n) is 10.4. The number of thioether (sulfide) groups is 1. The van der Waals surface area contributed by atoms with Crippen LogP contribution >= 0.6 is 11.8 Å². The second kappa shape index (κ2) is 7.55. The Morgan fingerprint density at radius 1 is 1.21 bits per heavy atom. The first-order valence-corrected chi connectivity index (χ1v) is 6.77. The fourth-order valence-corrected chi connectivity index (χ4v) is 1.63. The van der Waals surface area contributed by atoms with Crippen molar-refractivity contribution in [1.29, 1.82) is 0 Å². The topological polar surface area (TPSA) is 15.3 Å². The molecule has 2 nitrogen and oxygen atoms in total. The lowest BCUT2D eigenvalue weighted by atomic mass is 10.1. The summed E-state index contributed by atoms with van der Waals surface area (Å²) in [6.07, 6.45) is 3.47. The van der Waals surface area contributed by atoms with Crippen LogP contribution in [0.5, 0.6) is 0 Å². The molecule has 0 saturated carbocycles. The zero-order chi connectivity index (χ0) is 11.0. The van der Waals surface area contributed by atoms with Crippen LogP contribution in [0.4, 0.5) is 0 Å². The van der Waals surface area contributed by atoms with Crippen molar-refractivity contribution < 1.29 is 0 Å². The summed E-state index contributed by atoms with van der Waals surface area (Å²) in [6.45, 7) is 10.1. The number of hydrogen-bond acceptors (Lipinski definition) is 3. The maximum Gasteiger partial charge on any atom is 0.0104 e.